The number of amidine groups is 1. The summed E-state index contributed by atoms with van der Waals surface area (Å²) in [5.74, 6) is -0.678. The van der Waals surface area contributed by atoms with E-state index in [0.717, 1.165) is 16.5 Å². The number of nitrogens with zero attached hydrogens (tertiary/aromatic N) is 1. The summed E-state index contributed by atoms with van der Waals surface area (Å²) in [7, 11) is 0. The van der Waals surface area contributed by atoms with E-state index in [1.807, 2.05) is 42.5 Å². The zero-order chi connectivity index (χ0) is 18.1. The summed E-state index contributed by atoms with van der Waals surface area (Å²) in [5.41, 5.74) is 1.40. The smallest absolute Gasteiger partial charge is 0.264 e. The highest BCUT2D eigenvalue weighted by Gasteiger charge is 2.24. The van der Waals surface area contributed by atoms with E-state index in [9.17, 15) is 15.0 Å². The van der Waals surface area contributed by atoms with Crippen molar-refractivity contribution in [2.24, 2.45) is 4.99 Å². The summed E-state index contributed by atoms with van der Waals surface area (Å²) in [5, 5.41) is 24.3. The molecule has 1 heterocycles. The number of rotatable bonds is 2. The molecule has 0 atom stereocenters. The second-order valence-corrected chi connectivity index (χ2v) is 6.76. The molecular weight excluding hydrogens is 348 g/mol. The SMILES string of the molecule is O=C1NC(=Nc2cccc3ccccc23)S/C1=C\c1ccc(O)c(O)c1. The van der Waals surface area contributed by atoms with Gasteiger partial charge in [-0.05, 0) is 47.0 Å². The van der Waals surface area contributed by atoms with Crippen LogP contribution in [0.5, 0.6) is 11.5 Å². The number of aliphatic imine (C=N–C) groups is 1. The molecule has 0 unspecified atom stereocenters. The Morgan fingerprint density at radius 2 is 1.77 bits per heavy atom. The van der Waals surface area contributed by atoms with Crippen LogP contribution in [0.15, 0.2) is 70.6 Å². The van der Waals surface area contributed by atoms with Crippen LogP contribution >= 0.6 is 11.8 Å². The highest BCUT2D eigenvalue weighted by atomic mass is 32.2. The minimum atomic E-state index is -0.249. The molecule has 1 aliphatic rings. The third-order valence-electron chi connectivity index (χ3n) is 3.94. The van der Waals surface area contributed by atoms with Crippen LogP contribution in [0, 0.1) is 0 Å². The van der Waals surface area contributed by atoms with Gasteiger partial charge in [0.1, 0.15) is 0 Å². The van der Waals surface area contributed by atoms with Crippen molar-refractivity contribution in [2.75, 3.05) is 0 Å². The molecule has 0 saturated carbocycles. The standard InChI is InChI=1S/C20H14N2O3S/c23-16-9-8-12(10-17(16)24)11-18-19(25)22-20(26-18)21-15-7-3-5-13-4-1-2-6-14(13)15/h1-11,23-24H,(H,21,22,25)/b18-11-. The Morgan fingerprint density at radius 1 is 0.962 bits per heavy atom. The summed E-state index contributed by atoms with van der Waals surface area (Å²) in [6.07, 6.45) is 1.64. The molecule has 3 aromatic carbocycles. The number of benzene rings is 3. The van der Waals surface area contributed by atoms with Gasteiger partial charge in [-0.3, -0.25) is 4.79 Å². The van der Waals surface area contributed by atoms with Gasteiger partial charge in [-0.15, -0.1) is 0 Å². The second kappa shape index (κ2) is 6.57. The van der Waals surface area contributed by atoms with E-state index < -0.39 is 0 Å². The fraction of sp³-hybridized carbons (Fsp3) is 0. The zero-order valence-corrected chi connectivity index (χ0v) is 14.3. The molecule has 1 saturated heterocycles. The molecule has 1 fully saturated rings. The predicted octanol–water partition coefficient (Wildman–Crippen LogP) is 4.14. The van der Waals surface area contributed by atoms with E-state index in [4.69, 9.17) is 0 Å². The molecule has 0 aromatic heterocycles. The van der Waals surface area contributed by atoms with Crippen LogP contribution < -0.4 is 5.32 Å². The summed E-state index contributed by atoms with van der Waals surface area (Å²) in [6, 6.07) is 18.2. The first-order chi connectivity index (χ1) is 12.6. The second-order valence-electron chi connectivity index (χ2n) is 5.73. The molecule has 0 radical (unpaired) electrons. The maximum Gasteiger partial charge on any atom is 0.264 e. The third kappa shape index (κ3) is 3.14. The van der Waals surface area contributed by atoms with Gasteiger partial charge in [0, 0.05) is 5.39 Å². The molecule has 6 heteroatoms. The Hall–Kier alpha value is -3.25. The first-order valence-corrected chi connectivity index (χ1v) is 8.71. The third-order valence-corrected chi connectivity index (χ3v) is 4.85. The van der Waals surface area contributed by atoms with Crippen LogP contribution in [0.1, 0.15) is 5.56 Å². The number of hydrogen-bond donors (Lipinski definition) is 3. The van der Waals surface area contributed by atoms with Gasteiger partial charge in [0.25, 0.3) is 5.91 Å². The lowest BCUT2D eigenvalue weighted by Gasteiger charge is -2.02. The van der Waals surface area contributed by atoms with Gasteiger partial charge in [0.2, 0.25) is 0 Å². The molecule has 4 rings (SSSR count). The number of phenolic OH excluding ortho intramolecular Hbond substituents is 2. The number of phenols is 2. The minimum Gasteiger partial charge on any atom is -0.504 e. The normalized spacial score (nSPS) is 17.2. The number of carbonyl (C=O) groups excluding carboxylic acids is 1. The summed E-state index contributed by atoms with van der Waals surface area (Å²) >= 11 is 1.23. The molecule has 1 aliphatic heterocycles. The van der Waals surface area contributed by atoms with Crippen LogP contribution in [0.3, 0.4) is 0 Å². The number of hydrogen-bond acceptors (Lipinski definition) is 5. The Morgan fingerprint density at radius 3 is 2.62 bits per heavy atom. The number of aromatic hydroxyl groups is 2. The first-order valence-electron chi connectivity index (χ1n) is 7.89. The van der Waals surface area contributed by atoms with Crippen LogP contribution in [0.25, 0.3) is 16.8 Å². The fourth-order valence-electron chi connectivity index (χ4n) is 2.68. The van der Waals surface area contributed by atoms with Crippen LogP contribution in [0.2, 0.25) is 0 Å². The van der Waals surface area contributed by atoms with E-state index in [2.05, 4.69) is 10.3 Å². The Labute approximate surface area is 153 Å². The molecular formula is C20H14N2O3S. The monoisotopic (exact) mass is 362 g/mol. The quantitative estimate of drug-likeness (QED) is 0.473. The molecule has 3 aromatic rings. The van der Waals surface area contributed by atoms with Crippen LogP contribution in [0.4, 0.5) is 5.69 Å². The highest BCUT2D eigenvalue weighted by molar-refractivity contribution is 8.18. The van der Waals surface area contributed by atoms with Gasteiger partial charge in [-0.1, -0.05) is 42.5 Å². The van der Waals surface area contributed by atoms with Crippen molar-refractivity contribution in [1.82, 2.24) is 5.32 Å². The molecule has 0 aliphatic carbocycles. The Balaban J connectivity index is 1.66. The van der Waals surface area contributed by atoms with E-state index in [1.54, 1.807) is 12.1 Å². The average molecular weight is 362 g/mol. The van der Waals surface area contributed by atoms with Gasteiger partial charge in [-0.25, -0.2) is 4.99 Å². The molecule has 128 valence electrons. The molecule has 0 bridgehead atoms. The van der Waals surface area contributed by atoms with Crippen molar-refractivity contribution in [1.29, 1.82) is 0 Å². The minimum absolute atomic E-state index is 0.200. The van der Waals surface area contributed by atoms with Gasteiger partial charge in [0.05, 0.1) is 10.6 Å². The number of nitrogens with one attached hydrogen (secondary N) is 1. The van der Waals surface area contributed by atoms with Crippen molar-refractivity contribution in [2.45, 2.75) is 0 Å². The van der Waals surface area contributed by atoms with E-state index in [-0.39, 0.29) is 17.4 Å². The maximum absolute atomic E-state index is 12.2. The number of carbonyl (C=O) groups is 1. The van der Waals surface area contributed by atoms with Gasteiger partial charge < -0.3 is 15.5 Å². The van der Waals surface area contributed by atoms with Crippen molar-refractivity contribution >= 4 is 45.4 Å². The van der Waals surface area contributed by atoms with Crippen LogP contribution in [-0.4, -0.2) is 21.3 Å². The number of amides is 1. The van der Waals surface area contributed by atoms with Gasteiger partial charge in [-0.2, -0.15) is 0 Å². The van der Waals surface area contributed by atoms with Crippen molar-refractivity contribution in [3.8, 4) is 11.5 Å². The zero-order valence-electron chi connectivity index (χ0n) is 13.5. The largest absolute Gasteiger partial charge is 0.504 e. The first kappa shape index (κ1) is 16.2. The van der Waals surface area contributed by atoms with Gasteiger partial charge >= 0.3 is 0 Å². The predicted molar refractivity (Wildman–Crippen MR) is 105 cm³/mol. The summed E-state index contributed by atoms with van der Waals surface area (Å²) < 4.78 is 0. The maximum atomic E-state index is 12.2. The van der Waals surface area contributed by atoms with E-state index in [0.29, 0.717) is 15.6 Å². The molecule has 5 nitrogen and oxygen atoms in total. The number of fused-ring (bicyclic) bond motifs is 1. The van der Waals surface area contributed by atoms with E-state index >= 15 is 0 Å². The Kier molecular flexibility index (Phi) is 4.10. The molecule has 3 N–H and O–H groups in total. The number of thioether (sulfide) groups is 1. The molecule has 0 spiro atoms. The van der Waals surface area contributed by atoms with Crippen molar-refractivity contribution < 1.29 is 15.0 Å². The summed E-state index contributed by atoms with van der Waals surface area (Å²) in [6.45, 7) is 0. The van der Waals surface area contributed by atoms with Crippen LogP contribution in [-0.2, 0) is 4.79 Å². The highest BCUT2D eigenvalue weighted by Crippen LogP contribution is 2.32. The molecule has 1 amide bonds. The van der Waals surface area contributed by atoms with E-state index in [1.165, 1.54) is 23.9 Å². The lowest BCUT2D eigenvalue weighted by atomic mass is 10.1. The lowest BCUT2D eigenvalue weighted by molar-refractivity contribution is -0.115. The lowest BCUT2D eigenvalue weighted by Crippen LogP contribution is -2.19. The van der Waals surface area contributed by atoms with Gasteiger partial charge in [0.15, 0.2) is 16.7 Å². The Bertz CT molecular complexity index is 1080. The van der Waals surface area contributed by atoms with Crippen molar-refractivity contribution in [3.05, 3.63) is 71.1 Å². The average Bonchev–Trinajstić information content (AvgIpc) is 2.98. The molecule has 26 heavy (non-hydrogen) atoms. The van der Waals surface area contributed by atoms with Crippen molar-refractivity contribution in [3.63, 3.8) is 0 Å². The summed E-state index contributed by atoms with van der Waals surface area (Å²) in [4.78, 5) is 17.2. The topological polar surface area (TPSA) is 81.9 Å². The fourth-order valence-corrected chi connectivity index (χ4v) is 3.51.